The fraction of sp³-hybridized carbons (Fsp3) is 0.250. The summed E-state index contributed by atoms with van der Waals surface area (Å²) in [4.78, 5) is 0. The van der Waals surface area contributed by atoms with Gasteiger partial charge in [0, 0.05) is 23.6 Å². The van der Waals surface area contributed by atoms with E-state index in [1.54, 1.807) is 14.2 Å². The van der Waals surface area contributed by atoms with Crippen LogP contribution in [0.4, 0.5) is 0 Å². The van der Waals surface area contributed by atoms with Gasteiger partial charge in [-0.1, -0.05) is 28.1 Å². The highest BCUT2D eigenvalue weighted by molar-refractivity contribution is 9.10. The number of ether oxygens (including phenoxy) is 2. The van der Waals surface area contributed by atoms with Gasteiger partial charge in [0.05, 0.1) is 14.2 Å². The van der Waals surface area contributed by atoms with E-state index < -0.39 is 0 Å². The van der Waals surface area contributed by atoms with Crippen LogP contribution in [0.1, 0.15) is 11.1 Å². The molecule has 1 N–H and O–H groups in total. The molecular weight excluding hydrogens is 318 g/mol. The Bertz CT molecular complexity index is 550. The van der Waals surface area contributed by atoms with E-state index in [2.05, 4.69) is 33.4 Å². The smallest absolute Gasteiger partial charge is 0.122 e. The highest BCUT2D eigenvalue weighted by Crippen LogP contribution is 2.22. The molecule has 0 amide bonds. The van der Waals surface area contributed by atoms with E-state index in [9.17, 15) is 0 Å². The van der Waals surface area contributed by atoms with Crippen LogP contribution in [0.25, 0.3) is 0 Å². The van der Waals surface area contributed by atoms with Gasteiger partial charge in [0.2, 0.25) is 0 Å². The van der Waals surface area contributed by atoms with Gasteiger partial charge in [-0.2, -0.15) is 0 Å². The van der Waals surface area contributed by atoms with Crippen LogP contribution >= 0.6 is 15.9 Å². The molecule has 0 saturated carbocycles. The second-order valence-corrected chi connectivity index (χ2v) is 5.37. The van der Waals surface area contributed by atoms with E-state index >= 15 is 0 Å². The Labute approximate surface area is 128 Å². The number of halogens is 1. The third-order valence-electron chi connectivity index (χ3n) is 2.96. The molecule has 0 unspecified atom stereocenters. The summed E-state index contributed by atoms with van der Waals surface area (Å²) in [5, 5.41) is 3.42. The normalized spacial score (nSPS) is 10.3. The molecule has 4 heteroatoms. The molecule has 0 aliphatic rings. The first-order chi connectivity index (χ1) is 9.71. The number of hydrogen-bond acceptors (Lipinski definition) is 3. The second-order valence-electron chi connectivity index (χ2n) is 4.45. The van der Waals surface area contributed by atoms with Crippen LogP contribution < -0.4 is 14.8 Å². The van der Waals surface area contributed by atoms with E-state index in [0.717, 1.165) is 34.6 Å². The molecule has 0 spiro atoms. The van der Waals surface area contributed by atoms with E-state index in [-0.39, 0.29) is 0 Å². The van der Waals surface area contributed by atoms with Crippen molar-refractivity contribution in [1.82, 2.24) is 5.32 Å². The van der Waals surface area contributed by atoms with Crippen molar-refractivity contribution in [3.05, 3.63) is 58.1 Å². The van der Waals surface area contributed by atoms with Crippen molar-refractivity contribution in [2.75, 3.05) is 14.2 Å². The molecular formula is C16H18BrNO2. The van der Waals surface area contributed by atoms with Crippen LogP contribution in [-0.4, -0.2) is 14.2 Å². The van der Waals surface area contributed by atoms with Crippen LogP contribution in [0, 0.1) is 0 Å². The molecule has 0 radical (unpaired) electrons. The van der Waals surface area contributed by atoms with Crippen LogP contribution in [0.2, 0.25) is 0 Å². The van der Waals surface area contributed by atoms with E-state index in [0.29, 0.717) is 0 Å². The summed E-state index contributed by atoms with van der Waals surface area (Å²) < 4.78 is 11.6. The maximum Gasteiger partial charge on any atom is 0.122 e. The molecule has 0 heterocycles. The number of methoxy groups -OCH3 is 2. The Morgan fingerprint density at radius 3 is 2.15 bits per heavy atom. The van der Waals surface area contributed by atoms with Crippen LogP contribution in [0.5, 0.6) is 11.5 Å². The molecule has 0 aliphatic carbocycles. The van der Waals surface area contributed by atoms with Crippen molar-refractivity contribution in [2.24, 2.45) is 0 Å². The molecule has 2 aromatic carbocycles. The Morgan fingerprint density at radius 1 is 0.900 bits per heavy atom. The number of benzene rings is 2. The lowest BCUT2D eigenvalue weighted by molar-refractivity contribution is 0.393. The first-order valence-corrected chi connectivity index (χ1v) is 7.17. The third-order valence-corrected chi connectivity index (χ3v) is 3.45. The number of rotatable bonds is 6. The first kappa shape index (κ1) is 14.9. The SMILES string of the molecule is COc1cc(CNCc2cccc(Br)c2)cc(OC)c1. The fourth-order valence-electron chi connectivity index (χ4n) is 1.97. The summed E-state index contributed by atoms with van der Waals surface area (Å²) in [6.07, 6.45) is 0. The summed E-state index contributed by atoms with van der Waals surface area (Å²) >= 11 is 3.48. The number of nitrogens with one attached hydrogen (secondary N) is 1. The van der Waals surface area contributed by atoms with Crippen molar-refractivity contribution in [1.29, 1.82) is 0 Å². The molecule has 0 fully saturated rings. The maximum atomic E-state index is 5.26. The predicted octanol–water partition coefficient (Wildman–Crippen LogP) is 3.76. The second kappa shape index (κ2) is 7.31. The van der Waals surface area contributed by atoms with Gasteiger partial charge in [0.15, 0.2) is 0 Å². The molecule has 2 rings (SSSR count). The number of hydrogen-bond donors (Lipinski definition) is 1. The zero-order valence-corrected chi connectivity index (χ0v) is 13.2. The van der Waals surface area contributed by atoms with Crippen LogP contribution in [0.15, 0.2) is 46.9 Å². The zero-order valence-electron chi connectivity index (χ0n) is 11.7. The van der Waals surface area contributed by atoms with Crippen molar-refractivity contribution in [2.45, 2.75) is 13.1 Å². The summed E-state index contributed by atoms with van der Waals surface area (Å²) in [5.74, 6) is 1.62. The van der Waals surface area contributed by atoms with Gasteiger partial charge in [0.25, 0.3) is 0 Å². The van der Waals surface area contributed by atoms with Gasteiger partial charge < -0.3 is 14.8 Å². The molecule has 0 atom stereocenters. The van der Waals surface area contributed by atoms with Gasteiger partial charge >= 0.3 is 0 Å². The Morgan fingerprint density at radius 2 is 1.55 bits per heavy atom. The van der Waals surface area contributed by atoms with Crippen molar-refractivity contribution in [3.63, 3.8) is 0 Å². The average Bonchev–Trinajstić information content (AvgIpc) is 2.47. The van der Waals surface area contributed by atoms with Gasteiger partial charge in [-0.25, -0.2) is 0 Å². The monoisotopic (exact) mass is 335 g/mol. The Balaban J connectivity index is 1.96. The van der Waals surface area contributed by atoms with Gasteiger partial charge in [-0.3, -0.25) is 0 Å². The fourth-order valence-corrected chi connectivity index (χ4v) is 2.41. The summed E-state index contributed by atoms with van der Waals surface area (Å²) in [6, 6.07) is 14.2. The molecule has 20 heavy (non-hydrogen) atoms. The third kappa shape index (κ3) is 4.25. The maximum absolute atomic E-state index is 5.26. The van der Waals surface area contributed by atoms with Crippen molar-refractivity contribution in [3.8, 4) is 11.5 Å². The Hall–Kier alpha value is -1.52. The minimum absolute atomic E-state index is 0.764. The quantitative estimate of drug-likeness (QED) is 0.871. The zero-order chi connectivity index (χ0) is 14.4. The predicted molar refractivity (Wildman–Crippen MR) is 84.2 cm³/mol. The largest absolute Gasteiger partial charge is 0.497 e. The lowest BCUT2D eigenvalue weighted by Crippen LogP contribution is -2.12. The highest BCUT2D eigenvalue weighted by atomic mass is 79.9. The van der Waals surface area contributed by atoms with E-state index in [1.807, 2.05) is 30.3 Å². The lowest BCUT2D eigenvalue weighted by Gasteiger charge is -2.09. The summed E-state index contributed by atoms with van der Waals surface area (Å²) in [6.45, 7) is 1.58. The molecule has 2 aromatic rings. The van der Waals surface area contributed by atoms with Crippen LogP contribution in [-0.2, 0) is 13.1 Å². The Kier molecular flexibility index (Phi) is 5.44. The summed E-state index contributed by atoms with van der Waals surface area (Å²) in [5.41, 5.74) is 2.38. The molecule has 106 valence electrons. The highest BCUT2D eigenvalue weighted by Gasteiger charge is 2.02. The topological polar surface area (TPSA) is 30.5 Å². The lowest BCUT2D eigenvalue weighted by atomic mass is 10.2. The molecule has 0 aliphatic heterocycles. The minimum atomic E-state index is 0.764. The van der Waals surface area contributed by atoms with Crippen molar-refractivity contribution < 1.29 is 9.47 Å². The standard InChI is InChI=1S/C16H18BrNO2/c1-19-15-7-13(8-16(9-15)20-2)11-18-10-12-4-3-5-14(17)6-12/h3-9,18H,10-11H2,1-2H3. The van der Waals surface area contributed by atoms with E-state index in [1.165, 1.54) is 5.56 Å². The van der Waals surface area contributed by atoms with E-state index in [4.69, 9.17) is 9.47 Å². The molecule has 0 aromatic heterocycles. The van der Waals surface area contributed by atoms with Crippen LogP contribution in [0.3, 0.4) is 0 Å². The molecule has 0 bridgehead atoms. The van der Waals surface area contributed by atoms with Gasteiger partial charge in [-0.05, 0) is 35.4 Å². The molecule has 3 nitrogen and oxygen atoms in total. The molecule has 0 saturated heterocycles. The van der Waals surface area contributed by atoms with Crippen molar-refractivity contribution >= 4 is 15.9 Å². The average molecular weight is 336 g/mol. The minimum Gasteiger partial charge on any atom is -0.497 e. The van der Waals surface area contributed by atoms with Gasteiger partial charge in [0.1, 0.15) is 11.5 Å². The summed E-state index contributed by atoms with van der Waals surface area (Å²) in [7, 11) is 3.32. The van der Waals surface area contributed by atoms with Gasteiger partial charge in [-0.15, -0.1) is 0 Å². The first-order valence-electron chi connectivity index (χ1n) is 6.38.